The molecule has 1 saturated heterocycles. The van der Waals surface area contributed by atoms with Crippen LogP contribution >= 0.6 is 23.2 Å². The first-order chi connectivity index (χ1) is 18.6. The maximum atomic E-state index is 13.3. The molecule has 2 atom stereocenters. The predicted octanol–water partition coefficient (Wildman–Crippen LogP) is 3.33. The lowest BCUT2D eigenvalue weighted by molar-refractivity contribution is -0.133. The highest BCUT2D eigenvalue weighted by atomic mass is 35.5. The van der Waals surface area contributed by atoms with E-state index >= 15 is 0 Å². The Bertz CT molecular complexity index is 1370. The number of carboxylic acid groups (broad SMARTS) is 2. The van der Waals surface area contributed by atoms with E-state index in [0.717, 1.165) is 0 Å². The van der Waals surface area contributed by atoms with Crippen LogP contribution in [0.3, 0.4) is 0 Å². The topological polar surface area (TPSA) is 127 Å². The minimum atomic E-state index is -1.68. The average Bonchev–Trinajstić information content (AvgIpc) is 2.89. The number of dihydropyridines is 1. The Kier molecular flexibility index (Phi) is 9.12. The van der Waals surface area contributed by atoms with Crippen molar-refractivity contribution in [3.63, 3.8) is 0 Å². The largest absolute Gasteiger partial charge is 0.478 e. The highest BCUT2D eigenvalue weighted by Crippen LogP contribution is 2.45. The number of nitrogens with zero attached hydrogens (tertiary/aromatic N) is 2. The van der Waals surface area contributed by atoms with Gasteiger partial charge in [0.2, 0.25) is 5.91 Å². The normalized spacial score (nSPS) is 19.1. The van der Waals surface area contributed by atoms with Crippen LogP contribution < -0.4 is 5.32 Å². The van der Waals surface area contributed by atoms with Crippen LogP contribution in [0.4, 0.5) is 0 Å². The fraction of sp³-hybridized carbons (Fsp3) is 0.296. The molecule has 206 valence electrons. The van der Waals surface area contributed by atoms with Crippen LogP contribution in [0.15, 0.2) is 76.0 Å². The number of hydrogen-bond donors (Lipinski definition) is 3. The number of benzene rings is 2. The van der Waals surface area contributed by atoms with Crippen molar-refractivity contribution in [3.05, 3.63) is 86.7 Å². The van der Waals surface area contributed by atoms with E-state index < -0.39 is 28.7 Å². The smallest absolute Gasteiger partial charge is 0.334 e. The van der Waals surface area contributed by atoms with Crippen molar-refractivity contribution in [2.24, 2.45) is 0 Å². The number of hydrogen-bond acceptors (Lipinski definition) is 6. The molecule has 39 heavy (non-hydrogen) atoms. The van der Waals surface area contributed by atoms with E-state index in [9.17, 15) is 28.8 Å². The van der Waals surface area contributed by atoms with Crippen LogP contribution in [0.25, 0.3) is 0 Å². The standard InChI is InChI=1S/C27H27Cl2N3O6S/c1-31-10-12-32(13-11-31)21(33)14-19-23(26(34)35)25(22-17(28)8-5-9-18(22)29)24(27(36)37)20(30-19)15-39(38)16-6-3-2-4-7-16/h2-9,25,30H,10-15H2,1H3,(H,34,35)(H,36,37)/t25?,39-/m0/s1. The molecular weight excluding hydrogens is 565 g/mol. The van der Waals surface area contributed by atoms with Crippen molar-refractivity contribution in [1.29, 1.82) is 0 Å². The lowest BCUT2D eigenvalue weighted by Crippen LogP contribution is -2.47. The second-order valence-electron chi connectivity index (χ2n) is 9.25. The van der Waals surface area contributed by atoms with Gasteiger partial charge < -0.3 is 25.3 Å². The molecule has 9 nitrogen and oxygen atoms in total. The molecule has 4 rings (SSSR count). The highest BCUT2D eigenvalue weighted by molar-refractivity contribution is 7.85. The molecule has 0 spiro atoms. The summed E-state index contributed by atoms with van der Waals surface area (Å²) in [6, 6.07) is 13.0. The lowest BCUT2D eigenvalue weighted by Gasteiger charge is -2.35. The summed E-state index contributed by atoms with van der Waals surface area (Å²) in [4.78, 5) is 42.9. The minimum absolute atomic E-state index is 0.0116. The summed E-state index contributed by atoms with van der Waals surface area (Å²) in [7, 11) is 0.271. The van der Waals surface area contributed by atoms with Crippen LogP contribution in [0.5, 0.6) is 0 Å². The maximum Gasteiger partial charge on any atom is 0.334 e. The molecule has 12 heteroatoms. The number of carbonyl (C=O) groups is 3. The first-order valence-corrected chi connectivity index (χ1v) is 14.2. The molecule has 1 fully saturated rings. The van der Waals surface area contributed by atoms with E-state index in [1.165, 1.54) is 12.1 Å². The number of carboxylic acids is 2. The highest BCUT2D eigenvalue weighted by Gasteiger charge is 2.41. The average molecular weight is 593 g/mol. The minimum Gasteiger partial charge on any atom is -0.478 e. The van der Waals surface area contributed by atoms with E-state index in [1.807, 2.05) is 7.05 Å². The first kappa shape index (κ1) is 28.8. The summed E-state index contributed by atoms with van der Waals surface area (Å²) in [5, 5.41) is 23.7. The molecule has 1 amide bonds. The van der Waals surface area contributed by atoms with Gasteiger partial charge >= 0.3 is 11.9 Å². The number of nitrogens with one attached hydrogen (secondary N) is 1. The van der Waals surface area contributed by atoms with Crippen LogP contribution in [0, 0.1) is 0 Å². The van der Waals surface area contributed by atoms with Gasteiger partial charge in [0.05, 0.1) is 40.0 Å². The fourth-order valence-electron chi connectivity index (χ4n) is 4.75. The van der Waals surface area contributed by atoms with Crippen molar-refractivity contribution >= 4 is 51.8 Å². The summed E-state index contributed by atoms with van der Waals surface area (Å²) in [5.41, 5.74) is -0.569. The Hall–Kier alpha value is -3.18. The molecule has 0 aromatic heterocycles. The van der Waals surface area contributed by atoms with Gasteiger partial charge in [-0.1, -0.05) is 47.5 Å². The second-order valence-corrected chi connectivity index (χ2v) is 11.5. The third-order valence-corrected chi connectivity index (χ3v) is 8.75. The summed E-state index contributed by atoms with van der Waals surface area (Å²) < 4.78 is 13.3. The van der Waals surface area contributed by atoms with Crippen molar-refractivity contribution in [3.8, 4) is 0 Å². The number of piperazine rings is 1. The zero-order valence-corrected chi connectivity index (χ0v) is 23.4. The van der Waals surface area contributed by atoms with E-state index in [1.54, 1.807) is 41.3 Å². The Labute approximate surface area is 238 Å². The van der Waals surface area contributed by atoms with Gasteiger partial charge in [-0.15, -0.1) is 0 Å². The van der Waals surface area contributed by atoms with Crippen molar-refractivity contribution in [2.75, 3.05) is 39.0 Å². The van der Waals surface area contributed by atoms with Crippen LogP contribution in [0.2, 0.25) is 10.0 Å². The van der Waals surface area contributed by atoms with Gasteiger partial charge in [-0.2, -0.15) is 0 Å². The van der Waals surface area contributed by atoms with E-state index in [4.69, 9.17) is 23.2 Å². The number of amides is 1. The zero-order valence-electron chi connectivity index (χ0n) is 21.0. The molecule has 2 heterocycles. The third-order valence-electron chi connectivity index (χ3n) is 6.74. The molecule has 2 aromatic carbocycles. The molecule has 2 aromatic rings. The van der Waals surface area contributed by atoms with Gasteiger partial charge in [-0.3, -0.25) is 9.00 Å². The van der Waals surface area contributed by atoms with Crippen LogP contribution in [-0.4, -0.2) is 81.0 Å². The molecular formula is C27H27Cl2N3O6S. The fourth-order valence-corrected chi connectivity index (χ4v) is 6.48. The molecule has 1 unspecified atom stereocenters. The van der Waals surface area contributed by atoms with E-state index in [2.05, 4.69) is 10.2 Å². The number of carbonyl (C=O) groups excluding carboxylic acids is 1. The molecule has 2 aliphatic rings. The Morgan fingerprint density at radius 2 is 1.46 bits per heavy atom. The van der Waals surface area contributed by atoms with Gasteiger partial charge in [0, 0.05) is 58.1 Å². The summed E-state index contributed by atoms with van der Waals surface area (Å²) in [6.45, 7) is 2.30. The summed E-state index contributed by atoms with van der Waals surface area (Å²) >= 11 is 12.9. The van der Waals surface area contributed by atoms with Crippen LogP contribution in [-0.2, 0) is 25.2 Å². The summed E-state index contributed by atoms with van der Waals surface area (Å²) in [6.07, 6.45) is -0.321. The molecule has 0 saturated carbocycles. The van der Waals surface area contributed by atoms with Crippen molar-refractivity contribution in [1.82, 2.24) is 15.1 Å². The van der Waals surface area contributed by atoms with E-state index in [-0.39, 0.29) is 56.2 Å². The van der Waals surface area contributed by atoms with Gasteiger partial charge in [0.1, 0.15) is 0 Å². The third kappa shape index (κ3) is 6.36. The first-order valence-electron chi connectivity index (χ1n) is 12.1. The molecule has 3 N–H and O–H groups in total. The van der Waals surface area contributed by atoms with Gasteiger partial charge in [-0.05, 0) is 31.3 Å². The number of halogens is 2. The Balaban J connectivity index is 1.85. The SMILES string of the molecule is CN1CCN(C(=O)CC2=C(C(=O)O)C(c3c(Cl)cccc3Cl)C(C(=O)O)=C(C[S@](=O)c3ccccc3)N2)CC1. The molecule has 2 aliphatic heterocycles. The summed E-state index contributed by atoms with van der Waals surface area (Å²) in [5.74, 6) is -4.84. The second kappa shape index (κ2) is 12.3. The van der Waals surface area contributed by atoms with Crippen molar-refractivity contribution in [2.45, 2.75) is 17.2 Å². The maximum absolute atomic E-state index is 13.3. The number of aliphatic carboxylic acids is 2. The lowest BCUT2D eigenvalue weighted by atomic mass is 9.79. The monoisotopic (exact) mass is 591 g/mol. The molecule has 0 radical (unpaired) electrons. The Morgan fingerprint density at radius 1 is 0.897 bits per heavy atom. The quantitative estimate of drug-likeness (QED) is 0.426. The molecule has 0 aliphatic carbocycles. The van der Waals surface area contributed by atoms with E-state index in [0.29, 0.717) is 31.1 Å². The number of rotatable bonds is 8. The van der Waals surface area contributed by atoms with Crippen molar-refractivity contribution < 1.29 is 28.8 Å². The Morgan fingerprint density at radius 3 is 2.03 bits per heavy atom. The van der Waals surface area contributed by atoms with Crippen LogP contribution in [0.1, 0.15) is 17.9 Å². The van der Waals surface area contributed by atoms with Gasteiger partial charge in [-0.25, -0.2) is 9.59 Å². The molecule has 0 bridgehead atoms. The zero-order chi connectivity index (χ0) is 28.3. The number of likely N-dealkylation sites (N-methyl/N-ethyl adjacent to an activating group) is 1. The predicted molar refractivity (Wildman–Crippen MR) is 148 cm³/mol. The van der Waals surface area contributed by atoms with Gasteiger partial charge in [0.25, 0.3) is 0 Å². The van der Waals surface area contributed by atoms with Gasteiger partial charge in [0.15, 0.2) is 0 Å².